The lowest BCUT2D eigenvalue weighted by Crippen LogP contribution is -2.34. The van der Waals surface area contributed by atoms with E-state index in [2.05, 4.69) is 0 Å². The normalized spacial score (nSPS) is 17.7. The van der Waals surface area contributed by atoms with E-state index in [4.69, 9.17) is 10.2 Å². The van der Waals surface area contributed by atoms with Gasteiger partial charge in [0.25, 0.3) is 0 Å². The van der Waals surface area contributed by atoms with Crippen LogP contribution in [0.25, 0.3) is 0 Å². The fourth-order valence-corrected chi connectivity index (χ4v) is 2.24. The van der Waals surface area contributed by atoms with Crippen LogP contribution in [-0.4, -0.2) is 40.9 Å². The molecule has 0 spiro atoms. The molecule has 1 amide bonds. The van der Waals surface area contributed by atoms with Crippen molar-refractivity contribution in [2.45, 2.75) is 38.5 Å². The Bertz CT molecular complexity index is 190. The minimum Gasteiger partial charge on any atom is -0.465 e. The molecule has 0 aliphatic heterocycles. The number of carbonyl (C=O) groups is 1. The Kier molecular flexibility index (Phi) is 5.47. The van der Waals surface area contributed by atoms with Gasteiger partial charge in [-0.3, -0.25) is 0 Å². The molecule has 0 aromatic heterocycles. The molecule has 1 aliphatic rings. The van der Waals surface area contributed by atoms with Gasteiger partial charge in [-0.2, -0.15) is 0 Å². The molecule has 0 atom stereocenters. The van der Waals surface area contributed by atoms with E-state index < -0.39 is 6.09 Å². The molecule has 2 N–H and O–H groups in total. The number of aliphatic hydroxyl groups is 1. The number of nitrogens with zero attached hydrogens (tertiary/aromatic N) is 1. The van der Waals surface area contributed by atoms with Crippen molar-refractivity contribution in [3.8, 4) is 0 Å². The van der Waals surface area contributed by atoms with Gasteiger partial charge in [0.2, 0.25) is 0 Å². The summed E-state index contributed by atoms with van der Waals surface area (Å²) in [5.74, 6) is 0.694. The van der Waals surface area contributed by atoms with Crippen LogP contribution in [0.4, 0.5) is 4.79 Å². The maximum Gasteiger partial charge on any atom is 0.407 e. The van der Waals surface area contributed by atoms with Gasteiger partial charge in [-0.05, 0) is 12.3 Å². The van der Waals surface area contributed by atoms with Crippen LogP contribution in [0.5, 0.6) is 0 Å². The summed E-state index contributed by atoms with van der Waals surface area (Å²) in [4.78, 5) is 12.1. The summed E-state index contributed by atoms with van der Waals surface area (Å²) in [6, 6.07) is 0. The minimum absolute atomic E-state index is 0.0863. The quantitative estimate of drug-likeness (QED) is 0.736. The third kappa shape index (κ3) is 4.51. The van der Waals surface area contributed by atoms with E-state index in [9.17, 15) is 4.79 Å². The van der Waals surface area contributed by atoms with Crippen LogP contribution in [0.3, 0.4) is 0 Å². The number of amides is 1. The molecule has 4 nitrogen and oxygen atoms in total. The Morgan fingerprint density at radius 3 is 2.40 bits per heavy atom. The van der Waals surface area contributed by atoms with E-state index in [1.807, 2.05) is 0 Å². The smallest absolute Gasteiger partial charge is 0.407 e. The predicted octanol–water partition coefficient (Wildman–Crippen LogP) is 1.93. The van der Waals surface area contributed by atoms with Crippen molar-refractivity contribution in [2.24, 2.45) is 5.92 Å². The Balaban J connectivity index is 2.22. The van der Waals surface area contributed by atoms with Gasteiger partial charge >= 0.3 is 6.09 Å². The molecule has 88 valence electrons. The zero-order valence-corrected chi connectivity index (χ0v) is 9.19. The fourth-order valence-electron chi connectivity index (χ4n) is 2.24. The van der Waals surface area contributed by atoms with E-state index in [1.54, 1.807) is 0 Å². The maximum atomic E-state index is 10.8. The van der Waals surface area contributed by atoms with Crippen molar-refractivity contribution < 1.29 is 15.0 Å². The molecule has 0 aromatic rings. The van der Waals surface area contributed by atoms with Gasteiger partial charge in [-0.15, -0.1) is 0 Å². The van der Waals surface area contributed by atoms with Gasteiger partial charge in [0.05, 0.1) is 6.61 Å². The predicted molar refractivity (Wildman–Crippen MR) is 57.9 cm³/mol. The minimum atomic E-state index is -0.917. The summed E-state index contributed by atoms with van der Waals surface area (Å²) in [5.41, 5.74) is 0. The number of aliphatic hydroxyl groups excluding tert-OH is 1. The van der Waals surface area contributed by atoms with Crippen LogP contribution in [0.15, 0.2) is 0 Å². The first kappa shape index (κ1) is 12.3. The Labute approximate surface area is 90.9 Å². The van der Waals surface area contributed by atoms with Gasteiger partial charge in [-0.25, -0.2) is 4.79 Å². The summed E-state index contributed by atoms with van der Waals surface area (Å²) in [6.07, 6.45) is 6.43. The highest BCUT2D eigenvalue weighted by molar-refractivity contribution is 5.64. The highest BCUT2D eigenvalue weighted by Crippen LogP contribution is 2.26. The third-order valence-electron chi connectivity index (χ3n) is 3.17. The van der Waals surface area contributed by atoms with E-state index in [0.29, 0.717) is 12.5 Å². The highest BCUT2D eigenvalue weighted by atomic mass is 16.4. The second-order valence-corrected chi connectivity index (χ2v) is 4.29. The van der Waals surface area contributed by atoms with E-state index in [1.165, 1.54) is 37.0 Å². The standard InChI is InChI=1S/C11H21NO3/c13-9-8-12(11(14)15)7-6-10-4-2-1-3-5-10/h10,13H,1-9H2,(H,14,15). The monoisotopic (exact) mass is 215 g/mol. The molecule has 15 heavy (non-hydrogen) atoms. The summed E-state index contributed by atoms with van der Waals surface area (Å²) < 4.78 is 0. The van der Waals surface area contributed by atoms with Crippen molar-refractivity contribution in [2.75, 3.05) is 19.7 Å². The molecule has 0 saturated heterocycles. The van der Waals surface area contributed by atoms with Gasteiger partial charge in [0.1, 0.15) is 0 Å². The van der Waals surface area contributed by atoms with Gasteiger partial charge in [-0.1, -0.05) is 32.1 Å². The van der Waals surface area contributed by atoms with Crippen LogP contribution in [-0.2, 0) is 0 Å². The lowest BCUT2D eigenvalue weighted by atomic mass is 9.87. The van der Waals surface area contributed by atoms with E-state index >= 15 is 0 Å². The molecule has 0 bridgehead atoms. The summed E-state index contributed by atoms with van der Waals surface area (Å²) in [7, 11) is 0. The summed E-state index contributed by atoms with van der Waals surface area (Å²) in [5, 5.41) is 17.6. The highest BCUT2D eigenvalue weighted by Gasteiger charge is 2.16. The second kappa shape index (κ2) is 6.67. The molecule has 1 rings (SSSR count). The Hall–Kier alpha value is -0.770. The first-order valence-electron chi connectivity index (χ1n) is 5.82. The molecule has 1 fully saturated rings. The van der Waals surface area contributed by atoms with Crippen LogP contribution in [0, 0.1) is 5.92 Å². The van der Waals surface area contributed by atoms with E-state index in [-0.39, 0.29) is 13.2 Å². The summed E-state index contributed by atoms with van der Waals surface area (Å²) >= 11 is 0. The second-order valence-electron chi connectivity index (χ2n) is 4.29. The SMILES string of the molecule is O=C(O)N(CCO)CCC1CCCCC1. The van der Waals surface area contributed by atoms with Gasteiger partial charge < -0.3 is 15.1 Å². The fraction of sp³-hybridized carbons (Fsp3) is 0.909. The third-order valence-corrected chi connectivity index (χ3v) is 3.17. The van der Waals surface area contributed by atoms with Crippen molar-refractivity contribution in [3.05, 3.63) is 0 Å². The molecule has 1 saturated carbocycles. The zero-order chi connectivity index (χ0) is 11.1. The first-order chi connectivity index (χ1) is 7.24. The van der Waals surface area contributed by atoms with Crippen molar-refractivity contribution >= 4 is 6.09 Å². The molecule has 0 heterocycles. The lowest BCUT2D eigenvalue weighted by Gasteiger charge is -2.24. The number of rotatable bonds is 5. The van der Waals surface area contributed by atoms with Crippen LogP contribution in [0.2, 0.25) is 0 Å². The van der Waals surface area contributed by atoms with Gasteiger partial charge in [0.15, 0.2) is 0 Å². The largest absolute Gasteiger partial charge is 0.465 e. The van der Waals surface area contributed by atoms with E-state index in [0.717, 1.165) is 6.42 Å². The molecule has 0 unspecified atom stereocenters. The number of carboxylic acid groups (broad SMARTS) is 1. The Morgan fingerprint density at radius 1 is 1.20 bits per heavy atom. The zero-order valence-electron chi connectivity index (χ0n) is 9.19. The van der Waals surface area contributed by atoms with Crippen LogP contribution >= 0.6 is 0 Å². The van der Waals surface area contributed by atoms with Crippen LogP contribution < -0.4 is 0 Å². The molecule has 4 heteroatoms. The van der Waals surface area contributed by atoms with Crippen molar-refractivity contribution in [3.63, 3.8) is 0 Å². The maximum absolute atomic E-state index is 10.8. The molecular formula is C11H21NO3. The van der Waals surface area contributed by atoms with Crippen molar-refractivity contribution in [1.29, 1.82) is 0 Å². The first-order valence-corrected chi connectivity index (χ1v) is 5.82. The molecule has 0 aromatic carbocycles. The number of hydrogen-bond donors (Lipinski definition) is 2. The number of hydrogen-bond acceptors (Lipinski definition) is 2. The molecular weight excluding hydrogens is 194 g/mol. The molecule has 0 radical (unpaired) electrons. The average molecular weight is 215 g/mol. The molecule has 1 aliphatic carbocycles. The Morgan fingerprint density at radius 2 is 1.87 bits per heavy atom. The van der Waals surface area contributed by atoms with Gasteiger partial charge in [0, 0.05) is 13.1 Å². The van der Waals surface area contributed by atoms with Crippen molar-refractivity contribution in [1.82, 2.24) is 4.90 Å². The lowest BCUT2D eigenvalue weighted by molar-refractivity contribution is 0.127. The van der Waals surface area contributed by atoms with Crippen LogP contribution in [0.1, 0.15) is 38.5 Å². The summed E-state index contributed by atoms with van der Waals surface area (Å²) in [6.45, 7) is 0.722. The topological polar surface area (TPSA) is 60.8 Å². The average Bonchev–Trinajstić information content (AvgIpc) is 2.25.